The van der Waals surface area contributed by atoms with Crippen molar-refractivity contribution in [2.75, 3.05) is 27.4 Å². The highest BCUT2D eigenvalue weighted by Gasteiger charge is 2.46. The molecule has 3 unspecified atom stereocenters. The third-order valence-electron chi connectivity index (χ3n) is 6.20. The predicted molar refractivity (Wildman–Crippen MR) is 138 cm³/mol. The van der Waals surface area contributed by atoms with Crippen molar-refractivity contribution in [3.8, 4) is 0 Å². The van der Waals surface area contributed by atoms with Gasteiger partial charge in [0.05, 0.1) is 12.5 Å². The summed E-state index contributed by atoms with van der Waals surface area (Å²) in [5.74, 6) is -0.306. The maximum absolute atomic E-state index is 12.7. The summed E-state index contributed by atoms with van der Waals surface area (Å²) >= 11 is 0. The van der Waals surface area contributed by atoms with Crippen LogP contribution in [0.5, 0.6) is 0 Å². The van der Waals surface area contributed by atoms with E-state index in [0.29, 0.717) is 6.61 Å². The van der Waals surface area contributed by atoms with Gasteiger partial charge in [-0.3, -0.25) is 4.79 Å². The van der Waals surface area contributed by atoms with Gasteiger partial charge in [-0.1, -0.05) is 26.7 Å². The first kappa shape index (κ1) is 30.2. The van der Waals surface area contributed by atoms with Crippen LogP contribution in [0.4, 0.5) is 0 Å². The van der Waals surface area contributed by atoms with E-state index >= 15 is 0 Å². The van der Waals surface area contributed by atoms with Crippen LogP contribution in [0.15, 0.2) is 0 Å². The van der Waals surface area contributed by atoms with E-state index in [1.165, 1.54) is 0 Å². The zero-order valence-corrected chi connectivity index (χ0v) is 26.0. The van der Waals surface area contributed by atoms with Gasteiger partial charge in [0.2, 0.25) is 0 Å². The Hall–Kier alpha value is 0.138. The average Bonchev–Trinajstić information content (AvgIpc) is 2.69. The Balaban J connectivity index is 2.76. The number of carbonyl (C=O) groups excluding carboxylic acids is 1. The molecule has 1 rings (SSSR count). The molecule has 0 bridgehead atoms. The second-order valence-corrected chi connectivity index (χ2v) is 25.0. The van der Waals surface area contributed by atoms with Crippen LogP contribution in [-0.4, -0.2) is 67.4 Å². The van der Waals surface area contributed by atoms with E-state index in [9.17, 15) is 4.79 Å². The molecule has 0 aromatic rings. The molecule has 7 nitrogen and oxygen atoms in total. The van der Waals surface area contributed by atoms with E-state index in [2.05, 4.69) is 33.1 Å². The number of carbonyl (C=O) groups is 1. The standard InChI is InChI=1S/C21H48O7Si4/c1-10-16-32(9)27-29(5,6)26-15-11-12-17-30(7,28-32)19-20(2)21(22)25-14-13-18-31(8,23-3)24-4/h20H,10-19H2,1-9H3. The van der Waals surface area contributed by atoms with Gasteiger partial charge in [0.25, 0.3) is 0 Å². The van der Waals surface area contributed by atoms with Crippen molar-refractivity contribution >= 4 is 40.0 Å². The van der Waals surface area contributed by atoms with Crippen LogP contribution in [0.1, 0.15) is 39.5 Å². The monoisotopic (exact) mass is 524 g/mol. The predicted octanol–water partition coefficient (Wildman–Crippen LogP) is 5.52. The van der Waals surface area contributed by atoms with Gasteiger partial charge in [0.1, 0.15) is 0 Å². The Bertz CT molecular complexity index is 576. The highest BCUT2D eigenvalue weighted by atomic mass is 28.5. The normalized spacial score (nSPS) is 28.2. The van der Waals surface area contributed by atoms with Gasteiger partial charge in [0, 0.05) is 20.8 Å². The van der Waals surface area contributed by atoms with Gasteiger partial charge in [-0.25, -0.2) is 0 Å². The summed E-state index contributed by atoms with van der Waals surface area (Å²) in [6, 6.07) is 3.55. The van der Waals surface area contributed by atoms with Crippen LogP contribution < -0.4 is 0 Å². The Labute approximate surface area is 200 Å². The molecular formula is C21H48O7Si4. The molecule has 0 radical (unpaired) electrons. The summed E-state index contributed by atoms with van der Waals surface area (Å²) in [5.41, 5.74) is 0. The number of hydrogen-bond acceptors (Lipinski definition) is 7. The third kappa shape index (κ3) is 10.6. The quantitative estimate of drug-likeness (QED) is 0.200. The molecule has 11 heteroatoms. The van der Waals surface area contributed by atoms with E-state index in [4.69, 9.17) is 26.2 Å². The molecule has 190 valence electrons. The van der Waals surface area contributed by atoms with E-state index in [-0.39, 0.29) is 11.9 Å². The lowest BCUT2D eigenvalue weighted by molar-refractivity contribution is -0.147. The summed E-state index contributed by atoms with van der Waals surface area (Å²) in [5, 5.41) is 0. The van der Waals surface area contributed by atoms with Crippen LogP contribution in [0.25, 0.3) is 0 Å². The molecule has 0 aromatic carbocycles. The molecule has 1 aliphatic heterocycles. The minimum absolute atomic E-state index is 0.129. The number of ether oxygens (including phenoxy) is 1. The smallest absolute Gasteiger partial charge is 0.334 e. The fraction of sp³-hybridized carbons (Fsp3) is 0.952. The van der Waals surface area contributed by atoms with E-state index in [0.717, 1.165) is 56.5 Å². The topological polar surface area (TPSA) is 72.5 Å². The Morgan fingerprint density at radius 1 is 1.09 bits per heavy atom. The fourth-order valence-corrected chi connectivity index (χ4v) is 20.7. The lowest BCUT2D eigenvalue weighted by atomic mass is 10.2. The van der Waals surface area contributed by atoms with E-state index in [1.807, 2.05) is 13.5 Å². The highest BCUT2D eigenvalue weighted by Crippen LogP contribution is 2.34. The van der Waals surface area contributed by atoms with Crippen molar-refractivity contribution in [1.29, 1.82) is 0 Å². The molecule has 32 heavy (non-hydrogen) atoms. The summed E-state index contributed by atoms with van der Waals surface area (Å²) in [6.07, 6.45) is 3.87. The lowest BCUT2D eigenvalue weighted by Crippen LogP contribution is -2.57. The van der Waals surface area contributed by atoms with Crippen molar-refractivity contribution in [2.45, 2.75) is 96.4 Å². The first-order valence-corrected chi connectivity index (χ1v) is 22.8. The summed E-state index contributed by atoms with van der Waals surface area (Å²) in [7, 11) is -5.51. The highest BCUT2D eigenvalue weighted by molar-refractivity contribution is 6.87. The van der Waals surface area contributed by atoms with Gasteiger partial charge in [-0.15, -0.1) is 0 Å². The Kier molecular flexibility index (Phi) is 12.5. The first-order valence-electron chi connectivity index (χ1n) is 12.1. The van der Waals surface area contributed by atoms with Crippen LogP contribution >= 0.6 is 0 Å². The minimum Gasteiger partial charge on any atom is -0.465 e. The SMILES string of the molecule is CCC[Si]1(C)O[Si](C)(CC(C)C(=O)OCCC[Si](C)(OC)OC)CCCCO[Si](C)(C)O1. The number of esters is 1. The van der Waals surface area contributed by atoms with Crippen LogP contribution in [-0.2, 0) is 31.0 Å². The molecule has 0 saturated carbocycles. The van der Waals surface area contributed by atoms with Crippen molar-refractivity contribution in [2.24, 2.45) is 5.92 Å². The van der Waals surface area contributed by atoms with Gasteiger partial charge in [-0.05, 0) is 69.8 Å². The first-order chi connectivity index (χ1) is 14.8. The lowest BCUT2D eigenvalue weighted by Gasteiger charge is -2.43. The largest absolute Gasteiger partial charge is 0.465 e. The van der Waals surface area contributed by atoms with Gasteiger partial charge in [0.15, 0.2) is 8.32 Å². The van der Waals surface area contributed by atoms with Crippen molar-refractivity contribution < 1.29 is 31.0 Å². The molecule has 0 aromatic heterocycles. The summed E-state index contributed by atoms with van der Waals surface area (Å²) in [4.78, 5) is 12.7. The zero-order chi connectivity index (χ0) is 24.5. The zero-order valence-electron chi connectivity index (χ0n) is 22.0. The van der Waals surface area contributed by atoms with Crippen molar-refractivity contribution in [3.63, 3.8) is 0 Å². The van der Waals surface area contributed by atoms with Gasteiger partial charge in [-0.2, -0.15) is 0 Å². The van der Waals surface area contributed by atoms with Crippen LogP contribution in [0.3, 0.4) is 0 Å². The molecule has 0 amide bonds. The molecule has 1 fully saturated rings. The van der Waals surface area contributed by atoms with Crippen LogP contribution in [0, 0.1) is 5.92 Å². The van der Waals surface area contributed by atoms with E-state index < -0.39 is 34.0 Å². The maximum atomic E-state index is 12.7. The Morgan fingerprint density at radius 2 is 1.75 bits per heavy atom. The Morgan fingerprint density at radius 3 is 2.34 bits per heavy atom. The molecule has 1 saturated heterocycles. The third-order valence-corrected chi connectivity index (χ3v) is 21.8. The number of rotatable bonds is 11. The molecule has 1 aliphatic rings. The van der Waals surface area contributed by atoms with E-state index in [1.54, 1.807) is 14.2 Å². The second kappa shape index (κ2) is 13.3. The molecule has 3 atom stereocenters. The second-order valence-electron chi connectivity index (χ2n) is 10.2. The molecule has 1 heterocycles. The number of hydrogen-bond donors (Lipinski definition) is 0. The van der Waals surface area contributed by atoms with Crippen molar-refractivity contribution in [1.82, 2.24) is 0 Å². The van der Waals surface area contributed by atoms with Gasteiger partial charge >= 0.3 is 31.7 Å². The molecular weight excluding hydrogens is 477 g/mol. The van der Waals surface area contributed by atoms with Crippen molar-refractivity contribution in [3.05, 3.63) is 0 Å². The molecule has 0 N–H and O–H groups in total. The molecule has 0 spiro atoms. The van der Waals surface area contributed by atoms with Crippen LogP contribution in [0.2, 0.25) is 56.9 Å². The van der Waals surface area contributed by atoms with Gasteiger partial charge < -0.3 is 26.2 Å². The molecule has 0 aliphatic carbocycles. The summed E-state index contributed by atoms with van der Waals surface area (Å²) < 4.78 is 36.4. The maximum Gasteiger partial charge on any atom is 0.334 e. The average molecular weight is 525 g/mol. The fourth-order valence-electron chi connectivity index (χ4n) is 4.49. The minimum atomic E-state index is -2.38. The summed E-state index contributed by atoms with van der Waals surface area (Å²) in [6.45, 7) is 16.1.